The normalized spacial score (nSPS) is 12.2. The minimum Gasteiger partial charge on any atom is -0.318 e. The lowest BCUT2D eigenvalue weighted by Crippen LogP contribution is -2.31. The Labute approximate surface area is 132 Å². The van der Waals surface area contributed by atoms with Gasteiger partial charge in [0.05, 0.1) is 5.75 Å². The van der Waals surface area contributed by atoms with Crippen LogP contribution in [0.2, 0.25) is 0 Å². The van der Waals surface area contributed by atoms with Crippen LogP contribution in [0.1, 0.15) is 12.5 Å². The molecule has 0 aromatic heterocycles. The van der Waals surface area contributed by atoms with E-state index in [1.165, 1.54) is 18.2 Å². The predicted octanol–water partition coefficient (Wildman–Crippen LogP) is 1.22. The molecule has 0 atom stereocenters. The molecule has 0 fully saturated rings. The van der Waals surface area contributed by atoms with Crippen molar-refractivity contribution in [2.45, 2.75) is 19.6 Å². The molecule has 1 aromatic rings. The Hall–Kier alpha value is -1.65. The molecule has 1 amide bonds. The fourth-order valence-corrected chi connectivity index (χ4v) is 2.69. The third-order valence-corrected chi connectivity index (χ3v) is 4.15. The number of carbonyl (C=O) groups is 1. The zero-order chi connectivity index (χ0) is 17.5. The molecule has 10 heteroatoms. The molecule has 0 spiro atoms. The van der Waals surface area contributed by atoms with Gasteiger partial charge in [-0.2, -0.15) is 13.2 Å². The van der Waals surface area contributed by atoms with E-state index in [1.54, 1.807) is 18.3 Å². The van der Waals surface area contributed by atoms with Crippen molar-refractivity contribution in [3.05, 3.63) is 29.8 Å². The van der Waals surface area contributed by atoms with Gasteiger partial charge >= 0.3 is 12.1 Å². The Morgan fingerprint density at radius 1 is 1.26 bits per heavy atom. The highest BCUT2D eigenvalue weighted by Crippen LogP contribution is 2.18. The zero-order valence-corrected chi connectivity index (χ0v) is 13.2. The highest BCUT2D eigenvalue weighted by atomic mass is 32.2. The van der Waals surface area contributed by atoms with Crippen molar-refractivity contribution in [2.24, 2.45) is 0 Å². The second kappa shape index (κ2) is 8.27. The molecule has 0 aliphatic rings. The van der Waals surface area contributed by atoms with Crippen molar-refractivity contribution in [2.75, 3.05) is 24.2 Å². The first-order valence-electron chi connectivity index (χ1n) is 6.79. The molecule has 0 saturated heterocycles. The number of carbonyl (C=O) groups excluding carboxylic acids is 1. The fraction of sp³-hybridized carbons (Fsp3) is 0.462. The summed E-state index contributed by atoms with van der Waals surface area (Å²) in [5.74, 6) is -2.15. The molecular weight excluding hydrogens is 335 g/mol. The first-order chi connectivity index (χ1) is 10.6. The predicted molar refractivity (Wildman–Crippen MR) is 80.3 cm³/mol. The molecular formula is C13H18F3N3O3S. The van der Waals surface area contributed by atoms with Crippen molar-refractivity contribution < 1.29 is 26.4 Å². The summed E-state index contributed by atoms with van der Waals surface area (Å²) in [6, 6.07) is 5.87. The molecule has 0 aliphatic carbocycles. The molecule has 0 bridgehead atoms. The largest absolute Gasteiger partial charge is 0.471 e. The Morgan fingerprint density at radius 3 is 2.57 bits per heavy atom. The van der Waals surface area contributed by atoms with Crippen LogP contribution in [0.3, 0.4) is 0 Å². The lowest BCUT2D eigenvalue weighted by atomic mass is 10.2. The van der Waals surface area contributed by atoms with Gasteiger partial charge in [-0.3, -0.25) is 4.79 Å². The van der Waals surface area contributed by atoms with E-state index in [1.807, 2.05) is 0 Å². The van der Waals surface area contributed by atoms with Crippen molar-refractivity contribution in [1.82, 2.24) is 10.0 Å². The number of rotatable bonds is 8. The highest BCUT2D eigenvalue weighted by Gasteiger charge is 2.38. The van der Waals surface area contributed by atoms with Crippen LogP contribution in [0.15, 0.2) is 24.3 Å². The maximum absolute atomic E-state index is 12.2. The number of hydrogen-bond acceptors (Lipinski definition) is 4. The summed E-state index contributed by atoms with van der Waals surface area (Å²) in [5.41, 5.74) is 0.637. The number of sulfonamides is 1. The van der Waals surface area contributed by atoms with Gasteiger partial charge in [0.1, 0.15) is 0 Å². The van der Waals surface area contributed by atoms with Gasteiger partial charge in [-0.25, -0.2) is 13.1 Å². The number of amides is 1. The van der Waals surface area contributed by atoms with E-state index in [2.05, 4.69) is 10.0 Å². The zero-order valence-electron chi connectivity index (χ0n) is 12.4. The number of nitrogens with one attached hydrogen (secondary N) is 3. The van der Waals surface area contributed by atoms with E-state index in [0.29, 0.717) is 12.1 Å². The molecule has 0 saturated carbocycles. The van der Waals surface area contributed by atoms with E-state index in [-0.39, 0.29) is 24.5 Å². The quantitative estimate of drug-likeness (QED) is 0.613. The number of hydrogen-bond donors (Lipinski definition) is 3. The van der Waals surface area contributed by atoms with Crippen LogP contribution in [0.4, 0.5) is 18.9 Å². The van der Waals surface area contributed by atoms with E-state index in [0.717, 1.165) is 0 Å². The van der Waals surface area contributed by atoms with Gasteiger partial charge in [0, 0.05) is 25.3 Å². The Bertz CT molecular complexity index is 633. The molecule has 23 heavy (non-hydrogen) atoms. The van der Waals surface area contributed by atoms with Gasteiger partial charge < -0.3 is 10.6 Å². The maximum atomic E-state index is 12.2. The van der Waals surface area contributed by atoms with E-state index in [4.69, 9.17) is 0 Å². The molecule has 0 unspecified atom stereocenters. The van der Waals surface area contributed by atoms with Crippen LogP contribution in [0.25, 0.3) is 0 Å². The van der Waals surface area contributed by atoms with Gasteiger partial charge in [0.25, 0.3) is 0 Å². The molecule has 3 N–H and O–H groups in total. The molecule has 130 valence electrons. The summed E-state index contributed by atoms with van der Waals surface area (Å²) in [7, 11) is -3.32. The Morgan fingerprint density at radius 2 is 1.96 bits per heavy atom. The monoisotopic (exact) mass is 353 g/mol. The smallest absolute Gasteiger partial charge is 0.318 e. The third-order valence-electron chi connectivity index (χ3n) is 2.68. The number of benzene rings is 1. The van der Waals surface area contributed by atoms with Crippen LogP contribution >= 0.6 is 0 Å². The minimum absolute atomic E-state index is 0.0203. The second-order valence-corrected chi connectivity index (χ2v) is 6.57. The Balaban J connectivity index is 2.50. The fourth-order valence-electron chi connectivity index (χ4n) is 1.69. The molecule has 1 aromatic carbocycles. The standard InChI is InChI=1S/C13H18F3N3O3S/c1-2-18-23(21,22)7-6-17-9-10-4-3-5-11(8-10)19-12(20)13(14,15)16/h3-5,8,17-18H,2,6-7,9H2,1H3,(H,19,20). The van der Waals surface area contributed by atoms with Crippen molar-refractivity contribution in [3.8, 4) is 0 Å². The lowest BCUT2D eigenvalue weighted by molar-refractivity contribution is -0.167. The number of alkyl halides is 3. The van der Waals surface area contributed by atoms with Gasteiger partial charge in [-0.1, -0.05) is 19.1 Å². The maximum Gasteiger partial charge on any atom is 0.471 e. The number of anilines is 1. The van der Waals surface area contributed by atoms with E-state index < -0.39 is 22.1 Å². The van der Waals surface area contributed by atoms with Crippen LogP contribution in [0, 0.1) is 0 Å². The summed E-state index contributed by atoms with van der Waals surface area (Å²) < 4.78 is 61.7. The summed E-state index contributed by atoms with van der Waals surface area (Å²) in [6.07, 6.45) is -4.95. The van der Waals surface area contributed by atoms with Crippen molar-refractivity contribution >= 4 is 21.6 Å². The molecule has 0 aliphatic heterocycles. The lowest BCUT2D eigenvalue weighted by Gasteiger charge is -2.10. The molecule has 0 heterocycles. The van der Waals surface area contributed by atoms with Crippen LogP contribution in [-0.4, -0.2) is 39.3 Å². The number of halogens is 3. The SMILES string of the molecule is CCNS(=O)(=O)CCNCc1cccc(NC(=O)C(F)(F)F)c1. The molecule has 0 radical (unpaired) electrons. The second-order valence-electron chi connectivity index (χ2n) is 4.65. The minimum atomic E-state index is -4.95. The van der Waals surface area contributed by atoms with Gasteiger partial charge in [0.15, 0.2) is 0 Å². The van der Waals surface area contributed by atoms with Gasteiger partial charge in [0.2, 0.25) is 10.0 Å². The third kappa shape index (κ3) is 7.44. The van der Waals surface area contributed by atoms with Crippen molar-refractivity contribution in [3.63, 3.8) is 0 Å². The first kappa shape index (κ1) is 19.4. The average molecular weight is 353 g/mol. The van der Waals surface area contributed by atoms with Crippen LogP contribution < -0.4 is 15.4 Å². The topological polar surface area (TPSA) is 87.3 Å². The summed E-state index contributed by atoms with van der Waals surface area (Å²) >= 11 is 0. The average Bonchev–Trinajstić information content (AvgIpc) is 2.43. The van der Waals surface area contributed by atoms with Crippen LogP contribution in [-0.2, 0) is 21.4 Å². The van der Waals surface area contributed by atoms with Gasteiger partial charge in [-0.15, -0.1) is 0 Å². The van der Waals surface area contributed by atoms with Crippen LogP contribution in [0.5, 0.6) is 0 Å². The molecule has 1 rings (SSSR count). The first-order valence-corrected chi connectivity index (χ1v) is 8.44. The summed E-state index contributed by atoms with van der Waals surface area (Å²) in [4.78, 5) is 10.9. The summed E-state index contributed by atoms with van der Waals surface area (Å²) in [6.45, 7) is 2.43. The Kier molecular flexibility index (Phi) is 6.98. The van der Waals surface area contributed by atoms with E-state index in [9.17, 15) is 26.4 Å². The molecule has 6 nitrogen and oxygen atoms in total. The van der Waals surface area contributed by atoms with Gasteiger partial charge in [-0.05, 0) is 17.7 Å². The summed E-state index contributed by atoms with van der Waals surface area (Å²) in [5, 5.41) is 4.63. The highest BCUT2D eigenvalue weighted by molar-refractivity contribution is 7.89. The van der Waals surface area contributed by atoms with E-state index >= 15 is 0 Å². The van der Waals surface area contributed by atoms with Crippen molar-refractivity contribution in [1.29, 1.82) is 0 Å².